The number of benzene rings is 1. The number of carbonyl (C=O) groups is 2. The lowest BCUT2D eigenvalue weighted by Gasteiger charge is -2.19. The minimum atomic E-state index is -3.66. The van der Waals surface area contributed by atoms with Gasteiger partial charge in [-0.2, -0.15) is 4.31 Å². The number of rotatable bonds is 6. The molecule has 1 atom stereocenters. The minimum Gasteiger partial charge on any atom is -0.506 e. The van der Waals surface area contributed by atoms with Gasteiger partial charge in [-0.1, -0.05) is 12.8 Å². The average Bonchev–Trinajstić information content (AvgIpc) is 3.37. The highest BCUT2D eigenvalue weighted by atomic mass is 32.2. The molecule has 1 aromatic carbocycles. The summed E-state index contributed by atoms with van der Waals surface area (Å²) in [6.45, 7) is 2.49. The summed E-state index contributed by atoms with van der Waals surface area (Å²) in [6, 6.07) is 3.03. The maximum atomic E-state index is 12.7. The van der Waals surface area contributed by atoms with Gasteiger partial charge in [0.15, 0.2) is 0 Å². The fourth-order valence-electron chi connectivity index (χ4n) is 3.68. The summed E-state index contributed by atoms with van der Waals surface area (Å²) in [5, 5.41) is 15.3. The molecular weight excluding hydrogens is 382 g/mol. The maximum Gasteiger partial charge on any atom is 0.246 e. The molecule has 3 rings (SSSR count). The van der Waals surface area contributed by atoms with Crippen LogP contribution in [0.3, 0.4) is 0 Å². The summed E-state index contributed by atoms with van der Waals surface area (Å²) in [4.78, 5) is 24.6. The molecule has 1 aliphatic carbocycles. The molecule has 9 heteroatoms. The van der Waals surface area contributed by atoms with E-state index in [4.69, 9.17) is 0 Å². The fraction of sp³-hybridized carbons (Fsp3) is 0.579. The van der Waals surface area contributed by atoms with E-state index in [0.717, 1.165) is 38.5 Å². The lowest BCUT2D eigenvalue weighted by Crippen LogP contribution is -2.43. The second-order valence-corrected chi connectivity index (χ2v) is 9.43. The zero-order chi connectivity index (χ0) is 20.3. The summed E-state index contributed by atoms with van der Waals surface area (Å²) >= 11 is 0. The molecule has 3 N–H and O–H groups in total. The fourth-order valence-corrected chi connectivity index (χ4v) is 5.22. The number of aromatic hydroxyl groups is 1. The van der Waals surface area contributed by atoms with Crippen molar-refractivity contribution in [1.29, 1.82) is 0 Å². The molecule has 28 heavy (non-hydrogen) atoms. The van der Waals surface area contributed by atoms with Crippen molar-refractivity contribution in [2.24, 2.45) is 5.92 Å². The van der Waals surface area contributed by atoms with Crippen LogP contribution in [0.1, 0.15) is 45.4 Å². The van der Waals surface area contributed by atoms with Crippen LogP contribution >= 0.6 is 0 Å². The highest BCUT2D eigenvalue weighted by Gasteiger charge is 2.29. The molecule has 2 fully saturated rings. The van der Waals surface area contributed by atoms with Crippen molar-refractivity contribution < 1.29 is 23.1 Å². The molecule has 2 aliphatic rings. The molecule has 1 saturated heterocycles. The molecule has 1 heterocycles. The van der Waals surface area contributed by atoms with Gasteiger partial charge >= 0.3 is 0 Å². The van der Waals surface area contributed by atoms with Crippen LogP contribution in [0, 0.1) is 5.92 Å². The summed E-state index contributed by atoms with van der Waals surface area (Å²) in [5.41, 5.74) is 0.00670. The molecule has 0 unspecified atom stereocenters. The third-order valence-corrected chi connectivity index (χ3v) is 7.30. The predicted octanol–water partition coefficient (Wildman–Crippen LogP) is 1.81. The van der Waals surface area contributed by atoms with E-state index >= 15 is 0 Å². The van der Waals surface area contributed by atoms with Crippen molar-refractivity contribution in [2.75, 3.05) is 18.4 Å². The van der Waals surface area contributed by atoms with Gasteiger partial charge in [-0.15, -0.1) is 0 Å². The number of anilines is 1. The van der Waals surface area contributed by atoms with E-state index in [1.807, 2.05) is 0 Å². The Hall–Kier alpha value is -2.13. The second-order valence-electron chi connectivity index (χ2n) is 7.49. The van der Waals surface area contributed by atoms with Crippen LogP contribution in [0.5, 0.6) is 5.75 Å². The lowest BCUT2D eigenvalue weighted by atomic mass is 10.1. The Labute approximate surface area is 165 Å². The number of amides is 2. The summed E-state index contributed by atoms with van der Waals surface area (Å²) in [6.07, 6.45) is 5.34. The average molecular weight is 410 g/mol. The number of sulfonamides is 1. The van der Waals surface area contributed by atoms with E-state index in [1.54, 1.807) is 6.92 Å². The highest BCUT2D eigenvalue weighted by Crippen LogP contribution is 2.29. The number of hydrogen-bond acceptors (Lipinski definition) is 5. The first-order chi connectivity index (χ1) is 13.3. The quantitative estimate of drug-likeness (QED) is 0.620. The topological polar surface area (TPSA) is 116 Å². The molecule has 0 radical (unpaired) electrons. The first-order valence-electron chi connectivity index (χ1n) is 9.73. The van der Waals surface area contributed by atoms with E-state index < -0.39 is 22.0 Å². The standard InChI is InChI=1S/C19H27N3O5S/c1-13(20-19(25)14-6-2-3-7-14)18(24)21-16-12-15(8-9-17(16)23)28(26,27)22-10-4-5-11-22/h8-9,12-14,23H,2-7,10-11H2,1H3,(H,20,25)(H,21,24)/t13-/m0/s1. The number of hydrogen-bond donors (Lipinski definition) is 3. The van der Waals surface area contributed by atoms with Crippen LogP contribution in [0.4, 0.5) is 5.69 Å². The SMILES string of the molecule is C[C@H](NC(=O)C1CCCC1)C(=O)Nc1cc(S(=O)(=O)N2CCCC2)ccc1O. The monoisotopic (exact) mass is 409 g/mol. The molecule has 2 amide bonds. The minimum absolute atomic E-state index is 0.00670. The van der Waals surface area contributed by atoms with Gasteiger partial charge in [0, 0.05) is 19.0 Å². The molecule has 0 aromatic heterocycles. The highest BCUT2D eigenvalue weighted by molar-refractivity contribution is 7.89. The van der Waals surface area contributed by atoms with Gasteiger partial charge < -0.3 is 15.7 Å². The lowest BCUT2D eigenvalue weighted by molar-refractivity contribution is -0.128. The Morgan fingerprint density at radius 1 is 1.14 bits per heavy atom. The van der Waals surface area contributed by atoms with Crippen molar-refractivity contribution in [2.45, 2.75) is 56.4 Å². The molecule has 0 spiro atoms. The Kier molecular flexibility index (Phi) is 6.24. The molecular formula is C19H27N3O5S. The summed E-state index contributed by atoms with van der Waals surface area (Å²) in [5.74, 6) is -0.951. The third kappa shape index (κ3) is 4.47. The van der Waals surface area contributed by atoms with Gasteiger partial charge in [0.2, 0.25) is 21.8 Å². The van der Waals surface area contributed by atoms with Crippen LogP contribution in [0.2, 0.25) is 0 Å². The number of carbonyl (C=O) groups excluding carboxylic acids is 2. The Bertz CT molecular complexity index is 843. The second kappa shape index (κ2) is 8.48. The van der Waals surface area contributed by atoms with Gasteiger partial charge in [-0.25, -0.2) is 8.42 Å². The molecule has 1 saturated carbocycles. The molecule has 8 nitrogen and oxygen atoms in total. The first-order valence-corrected chi connectivity index (χ1v) is 11.2. The van der Waals surface area contributed by atoms with E-state index in [1.165, 1.54) is 22.5 Å². The van der Waals surface area contributed by atoms with E-state index in [9.17, 15) is 23.1 Å². The zero-order valence-corrected chi connectivity index (χ0v) is 16.8. The van der Waals surface area contributed by atoms with Crippen molar-refractivity contribution in [1.82, 2.24) is 9.62 Å². The van der Waals surface area contributed by atoms with E-state index in [0.29, 0.717) is 13.1 Å². The van der Waals surface area contributed by atoms with Crippen molar-refractivity contribution in [3.05, 3.63) is 18.2 Å². The van der Waals surface area contributed by atoms with Crippen LogP contribution < -0.4 is 10.6 Å². The molecule has 1 aliphatic heterocycles. The number of phenols is 1. The molecule has 154 valence electrons. The van der Waals surface area contributed by atoms with Crippen molar-refractivity contribution in [3.8, 4) is 5.75 Å². The Balaban J connectivity index is 1.69. The van der Waals surface area contributed by atoms with Crippen LogP contribution in [-0.2, 0) is 19.6 Å². The zero-order valence-electron chi connectivity index (χ0n) is 16.0. The number of nitrogens with one attached hydrogen (secondary N) is 2. The van der Waals surface area contributed by atoms with Crippen molar-refractivity contribution >= 4 is 27.5 Å². The third-order valence-electron chi connectivity index (χ3n) is 5.41. The normalized spacial score (nSPS) is 19.5. The van der Waals surface area contributed by atoms with Crippen LogP contribution in [-0.4, -0.2) is 48.8 Å². The van der Waals surface area contributed by atoms with Crippen LogP contribution in [0.15, 0.2) is 23.1 Å². The number of phenolic OH excluding ortho intramolecular Hbond substituents is 1. The van der Waals surface area contributed by atoms with Gasteiger partial charge in [0.25, 0.3) is 0 Å². The van der Waals surface area contributed by atoms with Gasteiger partial charge in [-0.3, -0.25) is 9.59 Å². The molecule has 1 aromatic rings. The van der Waals surface area contributed by atoms with Gasteiger partial charge in [0.05, 0.1) is 10.6 Å². The largest absolute Gasteiger partial charge is 0.506 e. The van der Waals surface area contributed by atoms with Crippen LogP contribution in [0.25, 0.3) is 0 Å². The first kappa shape index (κ1) is 20.6. The Morgan fingerprint density at radius 3 is 2.43 bits per heavy atom. The van der Waals surface area contributed by atoms with E-state index in [-0.39, 0.29) is 28.2 Å². The summed E-state index contributed by atoms with van der Waals surface area (Å²) in [7, 11) is -3.66. The maximum absolute atomic E-state index is 12.7. The van der Waals surface area contributed by atoms with Gasteiger partial charge in [0.1, 0.15) is 11.8 Å². The molecule has 0 bridgehead atoms. The van der Waals surface area contributed by atoms with E-state index in [2.05, 4.69) is 10.6 Å². The van der Waals surface area contributed by atoms with Gasteiger partial charge in [-0.05, 0) is 50.8 Å². The summed E-state index contributed by atoms with van der Waals surface area (Å²) < 4.78 is 26.8. The predicted molar refractivity (Wildman–Crippen MR) is 104 cm³/mol. The van der Waals surface area contributed by atoms with Crippen molar-refractivity contribution in [3.63, 3.8) is 0 Å². The Morgan fingerprint density at radius 2 is 1.79 bits per heavy atom. The number of nitrogens with zero attached hydrogens (tertiary/aromatic N) is 1. The smallest absolute Gasteiger partial charge is 0.246 e.